The second-order valence-electron chi connectivity index (χ2n) is 8.11. The number of carbonyl (C=O) groups is 1. The van der Waals surface area contributed by atoms with Crippen LogP contribution >= 0.6 is 0 Å². The van der Waals surface area contributed by atoms with E-state index in [0.29, 0.717) is 6.42 Å². The summed E-state index contributed by atoms with van der Waals surface area (Å²) in [7, 11) is 0. The number of carbonyl (C=O) groups excluding carboxylic acids is 1. The van der Waals surface area contributed by atoms with E-state index < -0.39 is 0 Å². The number of hydrogen-bond donors (Lipinski definition) is 1. The second kappa shape index (κ2) is 28.6. The van der Waals surface area contributed by atoms with Gasteiger partial charge < -0.3 is 6.74 Å². The van der Waals surface area contributed by atoms with Gasteiger partial charge in [-0.3, -0.25) is 4.79 Å². The molecular formula is C27H48NNaO. The Morgan fingerprint density at radius 1 is 0.633 bits per heavy atom. The minimum absolute atomic E-state index is 0. The Morgan fingerprint density at radius 3 is 1.47 bits per heavy atom. The Morgan fingerprint density at radius 2 is 1.03 bits per heavy atom. The van der Waals surface area contributed by atoms with Crippen molar-refractivity contribution in [2.45, 2.75) is 136 Å². The summed E-state index contributed by atoms with van der Waals surface area (Å²) in [4.78, 5) is 11.3. The fraction of sp³-hybridized carbons (Fsp3) is 0.815. The van der Waals surface area contributed by atoms with Gasteiger partial charge in [0.25, 0.3) is 0 Å². The van der Waals surface area contributed by atoms with Crippen LogP contribution in [0, 0.1) is 23.7 Å². The van der Waals surface area contributed by atoms with Crippen molar-refractivity contribution in [1.29, 1.82) is 0 Å². The average molecular weight is 426 g/mol. The summed E-state index contributed by atoms with van der Waals surface area (Å²) < 4.78 is 0. The molecule has 0 bridgehead atoms. The van der Waals surface area contributed by atoms with Gasteiger partial charge in [-0.2, -0.15) is 0 Å². The monoisotopic (exact) mass is 425 g/mol. The van der Waals surface area contributed by atoms with Crippen molar-refractivity contribution < 1.29 is 35.8 Å². The molecule has 1 amide bonds. The summed E-state index contributed by atoms with van der Waals surface area (Å²) in [5, 5.41) is 2.84. The fourth-order valence-electron chi connectivity index (χ4n) is 3.41. The van der Waals surface area contributed by atoms with Crippen LogP contribution in [0.2, 0.25) is 0 Å². The van der Waals surface area contributed by atoms with Crippen molar-refractivity contribution in [3.63, 3.8) is 0 Å². The first kappa shape index (κ1) is 31.8. The fourth-order valence-corrected chi connectivity index (χ4v) is 3.41. The first-order chi connectivity index (χ1) is 14.3. The predicted octanol–water partition coefficient (Wildman–Crippen LogP) is 4.68. The van der Waals surface area contributed by atoms with E-state index in [0.717, 1.165) is 32.2 Å². The molecule has 0 saturated heterocycles. The third-order valence-electron chi connectivity index (χ3n) is 5.22. The van der Waals surface area contributed by atoms with E-state index in [2.05, 4.69) is 35.9 Å². The van der Waals surface area contributed by atoms with Gasteiger partial charge >= 0.3 is 29.6 Å². The van der Waals surface area contributed by atoms with Gasteiger partial charge in [-0.1, -0.05) is 102 Å². The molecular weight excluding hydrogens is 377 g/mol. The Balaban J connectivity index is -0.00000392. The van der Waals surface area contributed by atoms with Gasteiger partial charge in [-0.05, 0) is 38.0 Å². The Labute approximate surface area is 212 Å². The molecule has 168 valence electrons. The molecule has 0 fully saturated rings. The summed E-state index contributed by atoms with van der Waals surface area (Å²) in [5.74, 6) is 12.6. The van der Waals surface area contributed by atoms with Crippen molar-refractivity contribution >= 4 is 5.91 Å². The molecule has 1 N–H and O–H groups in total. The molecule has 0 radical (unpaired) electrons. The summed E-state index contributed by atoms with van der Waals surface area (Å²) >= 11 is 0. The van der Waals surface area contributed by atoms with Crippen LogP contribution in [0.4, 0.5) is 0 Å². The van der Waals surface area contributed by atoms with Crippen molar-refractivity contribution in [2.24, 2.45) is 0 Å². The number of unbranched alkanes of at least 4 members (excludes halogenated alkanes) is 16. The molecule has 3 heteroatoms. The number of nitrogens with one attached hydrogen (secondary N) is 1. The van der Waals surface area contributed by atoms with Crippen molar-refractivity contribution in [1.82, 2.24) is 5.32 Å². The Hall–Kier alpha value is -0.410. The minimum Gasteiger partial charge on any atom is -1.00 e. The number of amides is 1. The maximum atomic E-state index is 11.3. The Kier molecular flexibility index (Phi) is 30.3. The maximum absolute atomic E-state index is 11.3. The first-order valence-electron chi connectivity index (χ1n) is 12.5. The predicted molar refractivity (Wildman–Crippen MR) is 129 cm³/mol. The van der Waals surface area contributed by atoms with E-state index >= 15 is 0 Å². The molecule has 0 rings (SSSR count). The van der Waals surface area contributed by atoms with Crippen molar-refractivity contribution in [2.75, 3.05) is 6.54 Å². The standard InChI is InChI=1S/C27H47NO.Na.H/c1-3-5-6-7-8-9-10-11-12-13-14-15-16-17-18-19-20-21-22-23-24-25-26-27(29)28-4-2;;/h3-14,19-26H2,1-2H3,(H,28,29);;/q;+1;-1. The molecule has 0 aromatic rings. The normalized spacial score (nSPS) is 9.67. The van der Waals surface area contributed by atoms with Gasteiger partial charge in [0.15, 0.2) is 0 Å². The second-order valence-corrected chi connectivity index (χ2v) is 8.11. The maximum Gasteiger partial charge on any atom is 1.00 e. The van der Waals surface area contributed by atoms with Crippen LogP contribution in [0.3, 0.4) is 0 Å². The molecule has 0 aromatic carbocycles. The molecule has 0 spiro atoms. The molecule has 0 aliphatic heterocycles. The van der Waals surface area contributed by atoms with Crippen LogP contribution in [-0.2, 0) is 4.79 Å². The van der Waals surface area contributed by atoms with E-state index in [1.54, 1.807) is 0 Å². The van der Waals surface area contributed by atoms with E-state index in [-0.39, 0.29) is 36.9 Å². The topological polar surface area (TPSA) is 29.1 Å². The van der Waals surface area contributed by atoms with Gasteiger partial charge in [0, 0.05) is 25.8 Å². The molecule has 0 aliphatic carbocycles. The molecule has 2 nitrogen and oxygen atoms in total. The van der Waals surface area contributed by atoms with Gasteiger partial charge in [0.1, 0.15) is 0 Å². The molecule has 0 aromatic heterocycles. The summed E-state index contributed by atoms with van der Waals surface area (Å²) in [6.07, 6.45) is 23.5. The largest absolute Gasteiger partial charge is 1.00 e. The zero-order chi connectivity index (χ0) is 21.3. The van der Waals surface area contributed by atoms with E-state index in [4.69, 9.17) is 0 Å². The van der Waals surface area contributed by atoms with Crippen LogP contribution in [0.5, 0.6) is 0 Å². The zero-order valence-electron chi connectivity index (χ0n) is 21.6. The molecule has 0 atom stereocenters. The van der Waals surface area contributed by atoms with Crippen molar-refractivity contribution in [3.05, 3.63) is 0 Å². The van der Waals surface area contributed by atoms with Gasteiger partial charge in [-0.25, -0.2) is 0 Å². The van der Waals surface area contributed by atoms with E-state index in [1.807, 2.05) is 6.92 Å². The zero-order valence-corrected chi connectivity index (χ0v) is 22.6. The molecule has 0 unspecified atom stereocenters. The van der Waals surface area contributed by atoms with Crippen LogP contribution in [0.25, 0.3) is 0 Å². The SMILES string of the molecule is CCCCCCCCCCCCC#CC#CCCCCCCCCC(=O)NCC.[H-].[Na+]. The average Bonchev–Trinajstić information content (AvgIpc) is 2.72. The molecule has 0 aliphatic rings. The number of rotatable bonds is 19. The van der Waals surface area contributed by atoms with Gasteiger partial charge in [0.05, 0.1) is 0 Å². The van der Waals surface area contributed by atoms with Crippen LogP contribution in [0.1, 0.15) is 137 Å². The van der Waals surface area contributed by atoms with Crippen LogP contribution in [0.15, 0.2) is 0 Å². The third-order valence-corrected chi connectivity index (χ3v) is 5.22. The molecule has 0 saturated carbocycles. The summed E-state index contributed by atoms with van der Waals surface area (Å²) in [6.45, 7) is 4.98. The summed E-state index contributed by atoms with van der Waals surface area (Å²) in [5.41, 5.74) is 0. The smallest absolute Gasteiger partial charge is 1.00 e. The van der Waals surface area contributed by atoms with Gasteiger partial charge in [0.2, 0.25) is 5.91 Å². The molecule has 0 heterocycles. The van der Waals surface area contributed by atoms with Crippen LogP contribution < -0.4 is 34.9 Å². The third kappa shape index (κ3) is 27.6. The minimum atomic E-state index is 0. The van der Waals surface area contributed by atoms with Gasteiger partial charge in [-0.15, -0.1) is 0 Å². The van der Waals surface area contributed by atoms with Crippen molar-refractivity contribution in [3.8, 4) is 23.7 Å². The Bertz CT molecular complexity index is 487. The van der Waals surface area contributed by atoms with E-state index in [1.165, 1.54) is 89.9 Å². The van der Waals surface area contributed by atoms with E-state index in [9.17, 15) is 4.79 Å². The first-order valence-corrected chi connectivity index (χ1v) is 12.5. The van der Waals surface area contributed by atoms with Crippen LogP contribution in [-0.4, -0.2) is 12.5 Å². The quantitative estimate of drug-likeness (QED) is 0.182. The molecule has 30 heavy (non-hydrogen) atoms. The summed E-state index contributed by atoms with van der Waals surface area (Å²) in [6, 6.07) is 0. The number of hydrogen-bond acceptors (Lipinski definition) is 1.